The summed E-state index contributed by atoms with van der Waals surface area (Å²) in [5.41, 5.74) is -1.51. The van der Waals surface area contributed by atoms with Crippen LogP contribution >= 0.6 is 8.35 Å². The summed E-state index contributed by atoms with van der Waals surface area (Å²) >= 11 is 0. The number of halogens is 3. The second-order valence-electron chi connectivity index (χ2n) is 8.14. The van der Waals surface area contributed by atoms with Crippen LogP contribution in [-0.2, 0) is 21.1 Å². The van der Waals surface area contributed by atoms with Gasteiger partial charge in [-0.1, -0.05) is 18.2 Å². The number of nitrogens with zero attached hydrogens (tertiary/aromatic N) is 3. The fourth-order valence-electron chi connectivity index (χ4n) is 3.15. The number of benzene rings is 1. The average molecular weight is 449 g/mol. The number of alkyl halides is 3. The van der Waals surface area contributed by atoms with Crippen molar-refractivity contribution in [1.29, 1.82) is 0 Å². The molecular weight excluding hydrogens is 426 g/mol. The lowest BCUT2D eigenvalue weighted by molar-refractivity contribution is -0.401. The Labute approximate surface area is 170 Å². The lowest BCUT2D eigenvalue weighted by Crippen LogP contribution is -2.28. The van der Waals surface area contributed by atoms with Gasteiger partial charge in [0.25, 0.3) is 0 Å². The fourth-order valence-corrected chi connectivity index (χ4v) is 4.38. The number of fused-ring (bicyclic) bond motifs is 1. The molecule has 0 unspecified atom stereocenters. The Morgan fingerprint density at radius 3 is 2.10 bits per heavy atom. The quantitative estimate of drug-likeness (QED) is 0.369. The van der Waals surface area contributed by atoms with E-state index in [9.17, 15) is 13.2 Å². The molecule has 2 heterocycles. The van der Waals surface area contributed by atoms with Crippen LogP contribution in [0.3, 0.4) is 0 Å². The van der Waals surface area contributed by atoms with E-state index in [-0.39, 0.29) is 11.0 Å². The average Bonchev–Trinajstić information content (AvgIpc) is 3.09. The molecule has 0 N–H and O–H groups in total. The van der Waals surface area contributed by atoms with Crippen molar-refractivity contribution < 1.29 is 30.7 Å². The minimum Gasteiger partial charge on any atom is -0.741 e. The van der Waals surface area contributed by atoms with Crippen LogP contribution in [0.5, 0.6) is 0 Å². The summed E-state index contributed by atoms with van der Waals surface area (Å²) in [4.78, 5) is 0. The molecule has 1 aromatic carbocycles. The van der Waals surface area contributed by atoms with Crippen molar-refractivity contribution >= 4 is 29.9 Å². The minimum atomic E-state index is -6.09. The first-order valence-electron chi connectivity index (χ1n) is 8.64. The molecule has 0 radical (unpaired) electrons. The normalized spacial score (nSPS) is 16.6. The van der Waals surface area contributed by atoms with Gasteiger partial charge in [0.1, 0.15) is 12.3 Å². The number of hydrogen-bond donors (Lipinski definition) is 0. The topological polar surface area (TPSA) is 78.0 Å². The Hall–Kier alpha value is -1.77. The first kappa shape index (κ1) is 23.5. The maximum Gasteiger partial charge on any atom is 0.485 e. The molecule has 0 atom stereocenters. The van der Waals surface area contributed by atoms with Crippen LogP contribution in [0, 0.1) is 0 Å². The molecule has 0 aliphatic carbocycles. The molecule has 0 bridgehead atoms. The zero-order chi connectivity index (χ0) is 22.4. The highest BCUT2D eigenvalue weighted by Gasteiger charge is 2.45. The van der Waals surface area contributed by atoms with Gasteiger partial charge in [-0.15, -0.1) is 0 Å². The van der Waals surface area contributed by atoms with Crippen LogP contribution in [0.15, 0.2) is 30.5 Å². The maximum atomic E-state index is 10.7. The summed E-state index contributed by atoms with van der Waals surface area (Å²) in [6.45, 7) is 11.2. The molecule has 0 spiro atoms. The van der Waals surface area contributed by atoms with Gasteiger partial charge in [0.05, 0.1) is 17.2 Å². The Bertz CT molecular complexity index is 1050. The molecule has 0 saturated heterocycles. The van der Waals surface area contributed by atoms with Crippen LogP contribution in [0.2, 0.25) is 0 Å². The van der Waals surface area contributed by atoms with Gasteiger partial charge in [-0.25, -0.2) is 12.9 Å². The number of para-hydroxylation sites is 1. The zero-order valence-electron chi connectivity index (χ0n) is 16.9. The van der Waals surface area contributed by atoms with Crippen molar-refractivity contribution in [3.8, 4) is 0 Å². The number of aromatic nitrogens is 2. The molecule has 0 saturated carbocycles. The van der Waals surface area contributed by atoms with E-state index in [2.05, 4.69) is 80.1 Å². The van der Waals surface area contributed by atoms with Crippen molar-refractivity contribution in [2.75, 3.05) is 7.05 Å². The largest absolute Gasteiger partial charge is 0.741 e. The second-order valence-corrected chi connectivity index (χ2v) is 10.6. The van der Waals surface area contributed by atoms with Gasteiger partial charge in [-0.05, 0) is 34.6 Å². The third-order valence-corrected chi connectivity index (χ3v) is 6.49. The highest BCUT2D eigenvalue weighted by atomic mass is 32.2. The number of hydrogen-bond acceptors (Lipinski definition) is 4. The lowest BCUT2D eigenvalue weighted by Gasteiger charge is -2.18. The van der Waals surface area contributed by atoms with Gasteiger partial charge in [-0.3, -0.25) is 0 Å². The van der Waals surface area contributed by atoms with E-state index >= 15 is 0 Å². The van der Waals surface area contributed by atoms with Gasteiger partial charge in [-0.2, -0.15) is 22.8 Å². The summed E-state index contributed by atoms with van der Waals surface area (Å²) < 4.78 is 63.4. The highest BCUT2D eigenvalue weighted by Crippen LogP contribution is 2.42. The van der Waals surface area contributed by atoms with Crippen molar-refractivity contribution in [2.45, 2.75) is 51.1 Å². The van der Waals surface area contributed by atoms with E-state index < -0.39 is 15.6 Å². The molecule has 1 aliphatic heterocycles. The van der Waals surface area contributed by atoms with Crippen molar-refractivity contribution in [2.24, 2.45) is 0 Å². The van der Waals surface area contributed by atoms with E-state index in [0.717, 1.165) is 0 Å². The van der Waals surface area contributed by atoms with Gasteiger partial charge in [0.15, 0.2) is 10.1 Å². The predicted octanol–water partition coefficient (Wildman–Crippen LogP) is 4.32. The smallest absolute Gasteiger partial charge is 0.485 e. The highest BCUT2D eigenvalue weighted by molar-refractivity contribution is 7.86. The molecule has 29 heavy (non-hydrogen) atoms. The van der Waals surface area contributed by atoms with Gasteiger partial charge in [0, 0.05) is 20.0 Å². The van der Waals surface area contributed by atoms with Crippen molar-refractivity contribution in [1.82, 2.24) is 9.54 Å². The van der Waals surface area contributed by atoms with E-state index in [0.29, 0.717) is 0 Å². The monoisotopic (exact) mass is 449 g/mol. The molecule has 0 fully saturated rings. The molecule has 11 heteroatoms. The van der Waals surface area contributed by atoms with Crippen LogP contribution in [0.1, 0.15) is 45.5 Å². The Balaban J connectivity index is 0.000000321. The Morgan fingerprint density at radius 2 is 1.69 bits per heavy atom. The summed E-state index contributed by atoms with van der Waals surface area (Å²) in [5, 5.41) is 5.91. The molecule has 0 amide bonds. The van der Waals surface area contributed by atoms with Gasteiger partial charge < -0.3 is 4.55 Å². The molecule has 1 aromatic heterocycles. The molecule has 1 aliphatic rings. The number of rotatable bonds is 1. The summed E-state index contributed by atoms with van der Waals surface area (Å²) in [5.74, 6) is 0. The maximum absolute atomic E-state index is 10.7. The van der Waals surface area contributed by atoms with Crippen LogP contribution in [0.4, 0.5) is 18.9 Å². The predicted molar refractivity (Wildman–Crippen MR) is 105 cm³/mol. The van der Waals surface area contributed by atoms with Crippen LogP contribution < -0.4 is 0 Å². The standard InChI is InChI=1S/C17H23N3P.CHF3O3S/c1-16(2,3)20-18-11-14(21-20)15-17(4,5)12-9-7-8-10-13(12)19(15)6;2-1(3,4)8(5,6)7/h7-11H,1-6H3;(H,5,6,7)/q+1;/p-1. The van der Waals surface area contributed by atoms with Crippen molar-refractivity contribution in [3.63, 3.8) is 0 Å². The SMILES string of the molecule is C[N+]1=C(c2cnn(C(C)(C)C)p2)C(C)(C)c2ccccc21.O=S(=O)([O-])C(F)(F)F. The fraction of sp³-hybridized carbons (Fsp3) is 0.500. The molecule has 160 valence electrons. The third kappa shape index (κ3) is 4.70. The van der Waals surface area contributed by atoms with Crippen molar-refractivity contribution in [3.05, 3.63) is 41.3 Å². The molecule has 2 aromatic rings. The Kier molecular flexibility index (Phi) is 6.07. The lowest BCUT2D eigenvalue weighted by atomic mass is 9.81. The third-order valence-electron chi connectivity index (χ3n) is 4.48. The van der Waals surface area contributed by atoms with Crippen LogP contribution in [-0.4, -0.2) is 45.4 Å². The summed E-state index contributed by atoms with van der Waals surface area (Å²) in [7, 11) is -2.75. The van der Waals surface area contributed by atoms with Gasteiger partial charge >= 0.3 is 5.51 Å². The first-order valence-corrected chi connectivity index (χ1v) is 10.9. The zero-order valence-corrected chi connectivity index (χ0v) is 18.7. The van der Waals surface area contributed by atoms with E-state index in [4.69, 9.17) is 13.0 Å². The molecule has 3 rings (SSSR count). The Morgan fingerprint density at radius 1 is 1.17 bits per heavy atom. The summed E-state index contributed by atoms with van der Waals surface area (Å²) in [6, 6.07) is 8.68. The van der Waals surface area contributed by atoms with E-state index in [1.54, 1.807) is 0 Å². The second kappa shape index (κ2) is 7.49. The van der Waals surface area contributed by atoms with Crippen LogP contribution in [0.25, 0.3) is 0 Å². The van der Waals surface area contributed by atoms with E-state index in [1.807, 2.05) is 6.20 Å². The van der Waals surface area contributed by atoms with Gasteiger partial charge in [0.2, 0.25) is 11.4 Å². The summed E-state index contributed by atoms with van der Waals surface area (Å²) in [6.07, 6.45) is 2.03. The van der Waals surface area contributed by atoms with E-state index in [1.165, 1.54) is 30.6 Å². The minimum absolute atomic E-state index is 0.0214. The molecule has 6 nitrogen and oxygen atoms in total. The first-order chi connectivity index (χ1) is 13.0. The molecular formula is C18H23F3N3O3PS.